The quantitative estimate of drug-likeness (QED) is 0.694. The predicted molar refractivity (Wildman–Crippen MR) is 105 cm³/mol. The predicted octanol–water partition coefficient (Wildman–Crippen LogP) is 2.45. The topological polar surface area (TPSA) is 80.3 Å². The molecule has 1 fully saturated rings. The molecule has 0 bridgehead atoms. The van der Waals surface area contributed by atoms with Gasteiger partial charge in [-0.05, 0) is 33.8 Å². The maximum Gasteiger partial charge on any atom is 0.257 e. The van der Waals surface area contributed by atoms with Crippen LogP contribution in [0.1, 0.15) is 33.3 Å². The molecule has 1 aliphatic heterocycles. The SMILES string of the molecule is Cc1cc(C(=O)N2CCN(c3cc(-n4cnc(C)c4C)ncn3)CC2)c(C)o1. The lowest BCUT2D eigenvalue weighted by Gasteiger charge is -2.35. The molecule has 1 aliphatic rings. The molecule has 3 aromatic rings. The van der Waals surface area contributed by atoms with Gasteiger partial charge in [-0.15, -0.1) is 0 Å². The summed E-state index contributed by atoms with van der Waals surface area (Å²) in [7, 11) is 0. The van der Waals surface area contributed by atoms with Crippen LogP contribution in [0.5, 0.6) is 0 Å². The van der Waals surface area contributed by atoms with E-state index in [0.29, 0.717) is 24.4 Å². The van der Waals surface area contributed by atoms with E-state index in [-0.39, 0.29) is 5.91 Å². The first-order chi connectivity index (χ1) is 13.4. The Hall–Kier alpha value is -3.16. The summed E-state index contributed by atoms with van der Waals surface area (Å²) in [6.45, 7) is 10.4. The number of furan rings is 1. The van der Waals surface area contributed by atoms with Gasteiger partial charge in [0.15, 0.2) is 0 Å². The van der Waals surface area contributed by atoms with Crippen LogP contribution in [0, 0.1) is 27.7 Å². The number of carbonyl (C=O) groups excluding carboxylic acids is 1. The van der Waals surface area contributed by atoms with Gasteiger partial charge in [0.25, 0.3) is 5.91 Å². The minimum atomic E-state index is 0.0295. The third-order valence-corrected chi connectivity index (χ3v) is 5.30. The van der Waals surface area contributed by atoms with E-state index in [2.05, 4.69) is 19.9 Å². The zero-order valence-corrected chi connectivity index (χ0v) is 16.6. The molecular formula is C20H24N6O2. The van der Waals surface area contributed by atoms with Crippen molar-refractivity contribution in [3.05, 3.63) is 53.3 Å². The minimum Gasteiger partial charge on any atom is -0.466 e. The number of nitrogens with zero attached hydrogens (tertiary/aromatic N) is 6. The van der Waals surface area contributed by atoms with E-state index >= 15 is 0 Å². The summed E-state index contributed by atoms with van der Waals surface area (Å²) < 4.78 is 7.46. The second-order valence-electron chi connectivity index (χ2n) is 7.13. The molecule has 8 heteroatoms. The van der Waals surface area contributed by atoms with Gasteiger partial charge in [-0.2, -0.15) is 0 Å². The smallest absolute Gasteiger partial charge is 0.257 e. The van der Waals surface area contributed by atoms with Crippen LogP contribution in [-0.4, -0.2) is 56.5 Å². The molecule has 0 aromatic carbocycles. The first-order valence-electron chi connectivity index (χ1n) is 9.38. The number of imidazole rings is 1. The van der Waals surface area contributed by atoms with Crippen molar-refractivity contribution in [2.75, 3.05) is 31.1 Å². The zero-order valence-electron chi connectivity index (χ0n) is 16.6. The Balaban J connectivity index is 1.47. The van der Waals surface area contributed by atoms with E-state index in [0.717, 1.165) is 41.9 Å². The molecular weight excluding hydrogens is 356 g/mol. The maximum absolute atomic E-state index is 12.8. The van der Waals surface area contributed by atoms with Crippen molar-refractivity contribution in [3.63, 3.8) is 0 Å². The average molecular weight is 380 g/mol. The van der Waals surface area contributed by atoms with Gasteiger partial charge in [0, 0.05) is 37.9 Å². The summed E-state index contributed by atoms with van der Waals surface area (Å²) in [5.41, 5.74) is 2.70. The van der Waals surface area contributed by atoms with E-state index in [1.54, 1.807) is 12.7 Å². The van der Waals surface area contributed by atoms with Gasteiger partial charge in [0.1, 0.15) is 35.8 Å². The molecule has 146 valence electrons. The largest absolute Gasteiger partial charge is 0.466 e. The van der Waals surface area contributed by atoms with E-state index in [1.807, 2.05) is 49.3 Å². The van der Waals surface area contributed by atoms with Crippen LogP contribution in [0.2, 0.25) is 0 Å². The van der Waals surface area contributed by atoms with Crippen molar-refractivity contribution in [1.82, 2.24) is 24.4 Å². The number of carbonyl (C=O) groups is 1. The number of rotatable bonds is 3. The van der Waals surface area contributed by atoms with Crippen molar-refractivity contribution in [1.29, 1.82) is 0 Å². The Morgan fingerprint density at radius 2 is 1.68 bits per heavy atom. The number of aromatic nitrogens is 4. The molecule has 4 heterocycles. The summed E-state index contributed by atoms with van der Waals surface area (Å²) in [6, 6.07) is 3.78. The highest BCUT2D eigenvalue weighted by molar-refractivity contribution is 5.95. The van der Waals surface area contributed by atoms with Gasteiger partial charge in [-0.3, -0.25) is 9.36 Å². The standard InChI is InChI=1S/C20H24N6O2/c1-13-9-17(16(4)28-13)20(27)25-7-5-24(6-8-25)18-10-19(22-11-21-18)26-12-23-14(2)15(26)3/h9-12H,5-8H2,1-4H3. The van der Waals surface area contributed by atoms with Crippen molar-refractivity contribution in [2.24, 2.45) is 0 Å². The van der Waals surface area contributed by atoms with Crippen LogP contribution < -0.4 is 4.90 Å². The Bertz CT molecular complexity index is 1010. The van der Waals surface area contributed by atoms with Gasteiger partial charge < -0.3 is 14.2 Å². The fourth-order valence-corrected chi connectivity index (χ4v) is 3.52. The van der Waals surface area contributed by atoms with Crippen LogP contribution in [0.25, 0.3) is 5.82 Å². The van der Waals surface area contributed by atoms with Crippen LogP contribution in [0.3, 0.4) is 0 Å². The van der Waals surface area contributed by atoms with Gasteiger partial charge in [-0.1, -0.05) is 0 Å². The molecule has 0 aliphatic carbocycles. The van der Waals surface area contributed by atoms with E-state index in [4.69, 9.17) is 4.42 Å². The van der Waals surface area contributed by atoms with Crippen LogP contribution in [0.15, 0.2) is 29.2 Å². The molecule has 1 amide bonds. The highest BCUT2D eigenvalue weighted by Crippen LogP contribution is 2.20. The minimum absolute atomic E-state index is 0.0295. The highest BCUT2D eigenvalue weighted by Gasteiger charge is 2.25. The first-order valence-corrected chi connectivity index (χ1v) is 9.38. The number of aryl methyl sites for hydroxylation is 3. The normalized spacial score (nSPS) is 14.6. The third kappa shape index (κ3) is 3.26. The van der Waals surface area contributed by atoms with Gasteiger partial charge in [-0.25, -0.2) is 15.0 Å². The summed E-state index contributed by atoms with van der Waals surface area (Å²) in [6.07, 6.45) is 3.36. The number of hydrogen-bond donors (Lipinski definition) is 0. The molecule has 0 radical (unpaired) electrons. The second kappa shape index (κ2) is 7.10. The monoisotopic (exact) mass is 380 g/mol. The number of anilines is 1. The summed E-state index contributed by atoms with van der Waals surface area (Å²) >= 11 is 0. The van der Waals surface area contributed by atoms with Crippen molar-refractivity contribution >= 4 is 11.7 Å². The van der Waals surface area contributed by atoms with Crippen molar-refractivity contribution < 1.29 is 9.21 Å². The van der Waals surface area contributed by atoms with Crippen molar-refractivity contribution in [2.45, 2.75) is 27.7 Å². The number of piperazine rings is 1. The third-order valence-electron chi connectivity index (χ3n) is 5.30. The molecule has 3 aromatic heterocycles. The second-order valence-corrected chi connectivity index (χ2v) is 7.13. The Morgan fingerprint density at radius 1 is 0.964 bits per heavy atom. The Kier molecular flexibility index (Phi) is 4.62. The molecule has 8 nitrogen and oxygen atoms in total. The van der Waals surface area contributed by atoms with Crippen LogP contribution in [0.4, 0.5) is 5.82 Å². The van der Waals surface area contributed by atoms with Gasteiger partial charge >= 0.3 is 0 Å². The van der Waals surface area contributed by atoms with E-state index in [9.17, 15) is 4.79 Å². The van der Waals surface area contributed by atoms with E-state index < -0.39 is 0 Å². The Morgan fingerprint density at radius 3 is 2.29 bits per heavy atom. The molecule has 0 atom stereocenters. The summed E-state index contributed by atoms with van der Waals surface area (Å²) in [4.78, 5) is 30.0. The lowest BCUT2D eigenvalue weighted by Crippen LogP contribution is -2.49. The lowest BCUT2D eigenvalue weighted by molar-refractivity contribution is 0.0744. The fraction of sp³-hybridized carbons (Fsp3) is 0.400. The lowest BCUT2D eigenvalue weighted by atomic mass is 10.2. The van der Waals surface area contributed by atoms with Gasteiger partial charge in [0.2, 0.25) is 0 Å². The number of amides is 1. The summed E-state index contributed by atoms with van der Waals surface area (Å²) in [5, 5.41) is 0. The molecule has 0 spiro atoms. The van der Waals surface area contributed by atoms with Crippen LogP contribution >= 0.6 is 0 Å². The Labute approximate surface area is 163 Å². The molecule has 28 heavy (non-hydrogen) atoms. The molecule has 0 N–H and O–H groups in total. The number of hydrogen-bond acceptors (Lipinski definition) is 6. The fourth-order valence-electron chi connectivity index (χ4n) is 3.52. The summed E-state index contributed by atoms with van der Waals surface area (Å²) in [5.74, 6) is 3.13. The molecule has 0 unspecified atom stereocenters. The molecule has 0 saturated carbocycles. The average Bonchev–Trinajstić information content (AvgIpc) is 3.22. The first kappa shape index (κ1) is 18.2. The highest BCUT2D eigenvalue weighted by atomic mass is 16.3. The van der Waals surface area contributed by atoms with Crippen molar-refractivity contribution in [3.8, 4) is 5.82 Å². The van der Waals surface area contributed by atoms with E-state index in [1.165, 1.54) is 0 Å². The maximum atomic E-state index is 12.8. The van der Waals surface area contributed by atoms with Crippen LogP contribution in [-0.2, 0) is 0 Å². The van der Waals surface area contributed by atoms with Gasteiger partial charge in [0.05, 0.1) is 11.3 Å². The molecule has 4 rings (SSSR count). The molecule has 1 saturated heterocycles. The zero-order chi connectivity index (χ0) is 19.8.